The highest BCUT2D eigenvalue weighted by Crippen LogP contribution is 2.05. The van der Waals surface area contributed by atoms with E-state index >= 15 is 0 Å². The van der Waals surface area contributed by atoms with E-state index in [-0.39, 0.29) is 5.69 Å². The predicted molar refractivity (Wildman–Crippen MR) is 62.4 cm³/mol. The van der Waals surface area contributed by atoms with Crippen LogP contribution >= 0.6 is 0 Å². The van der Waals surface area contributed by atoms with E-state index in [1.54, 1.807) is 39.9 Å². The van der Waals surface area contributed by atoms with Gasteiger partial charge >= 0.3 is 5.69 Å². The summed E-state index contributed by atoms with van der Waals surface area (Å²) in [5.74, 6) is 0. The van der Waals surface area contributed by atoms with Crippen molar-refractivity contribution in [3.8, 4) is 6.07 Å². The summed E-state index contributed by atoms with van der Waals surface area (Å²) in [6, 6.07) is 5.59. The predicted octanol–water partition coefficient (Wildman–Crippen LogP) is 0.985. The highest BCUT2D eigenvalue weighted by atomic mass is 16.1. The number of rotatable bonds is 3. The lowest BCUT2D eigenvalue weighted by atomic mass is 10.2. The van der Waals surface area contributed by atoms with Gasteiger partial charge in [-0.3, -0.25) is 9.13 Å². The topological polar surface area (TPSA) is 63.6 Å². The van der Waals surface area contributed by atoms with Crippen LogP contribution in [0.15, 0.2) is 35.5 Å². The van der Waals surface area contributed by atoms with E-state index in [1.165, 1.54) is 0 Å². The van der Waals surface area contributed by atoms with E-state index in [1.807, 2.05) is 13.0 Å². The van der Waals surface area contributed by atoms with Gasteiger partial charge in [0.15, 0.2) is 0 Å². The third-order valence-corrected chi connectivity index (χ3v) is 2.60. The maximum atomic E-state index is 11.8. The minimum Gasteiger partial charge on any atom is -0.300 e. The van der Waals surface area contributed by atoms with Crippen molar-refractivity contribution < 1.29 is 0 Å². The number of imidazole rings is 1. The molecule has 5 nitrogen and oxygen atoms in total. The second-order valence-corrected chi connectivity index (χ2v) is 3.62. The molecule has 0 atom stereocenters. The Kier molecular flexibility index (Phi) is 3.06. The molecule has 0 bridgehead atoms. The van der Waals surface area contributed by atoms with Crippen LogP contribution in [-0.4, -0.2) is 14.1 Å². The molecule has 0 spiro atoms. The molecule has 2 aromatic rings. The van der Waals surface area contributed by atoms with E-state index in [0.717, 1.165) is 5.56 Å². The van der Waals surface area contributed by atoms with Gasteiger partial charge in [-0.25, -0.2) is 9.78 Å². The summed E-state index contributed by atoms with van der Waals surface area (Å²) >= 11 is 0. The molecule has 2 heterocycles. The molecule has 0 saturated heterocycles. The minimum absolute atomic E-state index is 0.0692. The van der Waals surface area contributed by atoms with Crippen molar-refractivity contribution in [1.29, 1.82) is 5.26 Å². The molecule has 2 aromatic heterocycles. The van der Waals surface area contributed by atoms with E-state index < -0.39 is 0 Å². The Bertz CT molecular complexity index is 618. The first kappa shape index (κ1) is 11.1. The monoisotopic (exact) mass is 228 g/mol. The van der Waals surface area contributed by atoms with Crippen LogP contribution in [0.25, 0.3) is 0 Å². The Hall–Kier alpha value is -2.35. The van der Waals surface area contributed by atoms with Crippen molar-refractivity contribution in [2.45, 2.75) is 20.0 Å². The molecule has 0 fully saturated rings. The van der Waals surface area contributed by atoms with Crippen molar-refractivity contribution in [3.63, 3.8) is 0 Å². The van der Waals surface area contributed by atoms with E-state index in [2.05, 4.69) is 4.98 Å². The van der Waals surface area contributed by atoms with Gasteiger partial charge in [0.05, 0.1) is 6.54 Å². The molecular weight excluding hydrogens is 216 g/mol. The van der Waals surface area contributed by atoms with E-state index in [4.69, 9.17) is 5.26 Å². The highest BCUT2D eigenvalue weighted by molar-refractivity contribution is 5.30. The lowest BCUT2D eigenvalue weighted by Gasteiger charge is -2.03. The van der Waals surface area contributed by atoms with Gasteiger partial charge < -0.3 is 0 Å². The van der Waals surface area contributed by atoms with Gasteiger partial charge in [0.2, 0.25) is 0 Å². The zero-order valence-electron chi connectivity index (χ0n) is 9.50. The van der Waals surface area contributed by atoms with Crippen molar-refractivity contribution in [3.05, 3.63) is 52.5 Å². The highest BCUT2D eigenvalue weighted by Gasteiger charge is 2.06. The Morgan fingerprint density at radius 2 is 2.18 bits per heavy atom. The summed E-state index contributed by atoms with van der Waals surface area (Å²) in [6.07, 6.45) is 5.03. The number of hydrogen-bond acceptors (Lipinski definition) is 3. The zero-order valence-corrected chi connectivity index (χ0v) is 9.50. The average molecular weight is 228 g/mol. The number of pyridine rings is 1. The first-order valence-corrected chi connectivity index (χ1v) is 5.35. The fourth-order valence-electron chi connectivity index (χ4n) is 1.66. The number of aryl methyl sites for hydroxylation is 1. The molecule has 0 aromatic carbocycles. The fourth-order valence-corrected chi connectivity index (χ4v) is 1.66. The summed E-state index contributed by atoms with van der Waals surface area (Å²) in [5, 5.41) is 8.91. The van der Waals surface area contributed by atoms with Crippen molar-refractivity contribution in [2.24, 2.45) is 0 Å². The van der Waals surface area contributed by atoms with Gasteiger partial charge in [-0.1, -0.05) is 6.07 Å². The van der Waals surface area contributed by atoms with Gasteiger partial charge in [0, 0.05) is 30.7 Å². The molecule has 0 saturated carbocycles. The molecular formula is C12H12N4O. The Balaban J connectivity index is 2.36. The summed E-state index contributed by atoms with van der Waals surface area (Å²) in [4.78, 5) is 15.8. The summed E-state index contributed by atoms with van der Waals surface area (Å²) in [6.45, 7) is 2.93. The SMILES string of the molecule is CCn1ccn(Cc2cccnc2C#N)c1=O. The van der Waals surface area contributed by atoms with Gasteiger partial charge in [-0.05, 0) is 13.0 Å². The zero-order chi connectivity index (χ0) is 12.3. The van der Waals surface area contributed by atoms with Crippen LogP contribution in [0.2, 0.25) is 0 Å². The Morgan fingerprint density at radius 1 is 1.41 bits per heavy atom. The van der Waals surface area contributed by atoms with E-state index in [9.17, 15) is 4.79 Å². The lowest BCUT2D eigenvalue weighted by Crippen LogP contribution is -2.24. The maximum Gasteiger partial charge on any atom is 0.328 e. The van der Waals surface area contributed by atoms with Gasteiger partial charge in [0.25, 0.3) is 0 Å². The van der Waals surface area contributed by atoms with E-state index in [0.29, 0.717) is 18.8 Å². The molecule has 2 rings (SSSR count). The maximum absolute atomic E-state index is 11.8. The van der Waals surface area contributed by atoms with Crippen LogP contribution in [-0.2, 0) is 13.1 Å². The third-order valence-electron chi connectivity index (χ3n) is 2.60. The largest absolute Gasteiger partial charge is 0.328 e. The first-order chi connectivity index (χ1) is 8.26. The van der Waals surface area contributed by atoms with Crippen LogP contribution in [0.1, 0.15) is 18.2 Å². The van der Waals surface area contributed by atoms with Crippen molar-refractivity contribution in [1.82, 2.24) is 14.1 Å². The normalized spacial score (nSPS) is 10.1. The van der Waals surface area contributed by atoms with Gasteiger partial charge in [0.1, 0.15) is 11.8 Å². The van der Waals surface area contributed by atoms with Crippen LogP contribution in [0.3, 0.4) is 0 Å². The molecule has 0 aliphatic heterocycles. The number of hydrogen-bond donors (Lipinski definition) is 0. The summed E-state index contributed by atoms with van der Waals surface area (Å²) < 4.78 is 3.18. The second kappa shape index (κ2) is 4.66. The standard InChI is InChI=1S/C12H12N4O/c1-2-15-6-7-16(12(15)17)9-10-4-3-5-14-11(10)8-13/h3-7H,2,9H2,1H3. The number of nitrogens with zero attached hydrogens (tertiary/aromatic N) is 4. The lowest BCUT2D eigenvalue weighted by molar-refractivity contribution is 0.667. The molecule has 0 unspecified atom stereocenters. The quantitative estimate of drug-likeness (QED) is 0.786. The first-order valence-electron chi connectivity index (χ1n) is 5.35. The van der Waals surface area contributed by atoms with Crippen molar-refractivity contribution in [2.75, 3.05) is 0 Å². The van der Waals surface area contributed by atoms with Crippen molar-refractivity contribution >= 4 is 0 Å². The Labute approximate surface area is 98.6 Å². The average Bonchev–Trinajstić information content (AvgIpc) is 2.71. The molecule has 17 heavy (non-hydrogen) atoms. The van der Waals surface area contributed by atoms with Crippen LogP contribution in [0.5, 0.6) is 0 Å². The van der Waals surface area contributed by atoms with Crippen LogP contribution in [0, 0.1) is 11.3 Å². The molecule has 0 radical (unpaired) electrons. The molecule has 86 valence electrons. The van der Waals surface area contributed by atoms with Crippen LogP contribution < -0.4 is 5.69 Å². The van der Waals surface area contributed by atoms with Gasteiger partial charge in [-0.15, -0.1) is 0 Å². The Morgan fingerprint density at radius 3 is 2.82 bits per heavy atom. The molecule has 0 N–H and O–H groups in total. The third kappa shape index (κ3) is 2.11. The smallest absolute Gasteiger partial charge is 0.300 e. The number of nitriles is 1. The summed E-state index contributed by atoms with van der Waals surface area (Å²) in [7, 11) is 0. The second-order valence-electron chi connectivity index (χ2n) is 3.62. The number of aromatic nitrogens is 3. The minimum atomic E-state index is -0.0692. The van der Waals surface area contributed by atoms with Crippen LogP contribution in [0.4, 0.5) is 0 Å². The molecule has 0 amide bonds. The van der Waals surface area contributed by atoms with Gasteiger partial charge in [-0.2, -0.15) is 5.26 Å². The fraction of sp³-hybridized carbons (Fsp3) is 0.250. The molecule has 5 heteroatoms. The molecule has 0 aliphatic carbocycles. The molecule has 0 aliphatic rings. The summed E-state index contributed by atoms with van der Waals surface area (Å²) in [5.41, 5.74) is 1.05.